The van der Waals surface area contributed by atoms with Gasteiger partial charge in [-0.3, -0.25) is 0 Å². The van der Waals surface area contributed by atoms with Gasteiger partial charge in [-0.2, -0.15) is 0 Å². The molecule has 0 heterocycles. The van der Waals surface area contributed by atoms with Crippen molar-refractivity contribution in [1.29, 1.82) is 0 Å². The highest BCUT2D eigenvalue weighted by atomic mass is 35.5. The van der Waals surface area contributed by atoms with Gasteiger partial charge in [0.1, 0.15) is 12.1 Å². The Labute approximate surface area is 58.7 Å². The quantitative estimate of drug-likeness (QED) is 0.459. The molecule has 0 N–H and O–H groups in total. The van der Waals surface area contributed by atoms with Crippen molar-refractivity contribution in [1.82, 2.24) is 0 Å². The van der Waals surface area contributed by atoms with Crippen molar-refractivity contribution in [3.05, 3.63) is 0 Å². The van der Waals surface area contributed by atoms with Crippen LogP contribution in [-0.2, 0) is 9.47 Å². The normalized spacial score (nSPS) is 10.5. The summed E-state index contributed by atoms with van der Waals surface area (Å²) in [6.45, 7) is 1.73. The average molecular weight is 159 g/mol. The Morgan fingerprint density at radius 1 is 1.25 bits per heavy atom. The highest BCUT2D eigenvalue weighted by Crippen LogP contribution is 1.94. The summed E-state index contributed by atoms with van der Waals surface area (Å²) in [4.78, 5) is 0. The Bertz CT molecular complexity index is 45.3. The van der Waals surface area contributed by atoms with Crippen molar-refractivity contribution in [3.63, 3.8) is 0 Å². The maximum absolute atomic E-state index is 5.19. The van der Waals surface area contributed by atoms with Crippen molar-refractivity contribution in [2.24, 2.45) is 0 Å². The van der Waals surface area contributed by atoms with Crippen LogP contribution in [-0.4, -0.2) is 18.4 Å². The van der Waals surface area contributed by atoms with Crippen molar-refractivity contribution < 1.29 is 9.47 Å². The van der Waals surface area contributed by atoms with Crippen LogP contribution in [0.25, 0.3) is 0 Å². The molecular formula is C4H8Cl2O2. The molecule has 0 amide bonds. The molecule has 0 aromatic rings. The van der Waals surface area contributed by atoms with Gasteiger partial charge in [0.05, 0.1) is 0 Å². The third-order valence-corrected chi connectivity index (χ3v) is 0.847. The van der Waals surface area contributed by atoms with Crippen molar-refractivity contribution in [2.45, 2.75) is 13.2 Å². The highest BCUT2D eigenvalue weighted by molar-refractivity contribution is 6.17. The molecule has 0 atom stereocenters. The molecule has 0 aliphatic carbocycles. The molecule has 0 fully saturated rings. The first-order valence-electron chi connectivity index (χ1n) is 2.16. The van der Waals surface area contributed by atoms with Gasteiger partial charge in [-0.15, -0.1) is 0 Å². The van der Waals surface area contributed by atoms with E-state index in [0.717, 1.165) is 0 Å². The molecule has 0 saturated carbocycles. The van der Waals surface area contributed by atoms with Gasteiger partial charge in [-0.25, -0.2) is 0 Å². The lowest BCUT2D eigenvalue weighted by Crippen LogP contribution is -2.10. The Hall–Kier alpha value is 0.500. The van der Waals surface area contributed by atoms with Crippen LogP contribution in [0.3, 0.4) is 0 Å². The molecule has 4 heteroatoms. The van der Waals surface area contributed by atoms with Gasteiger partial charge in [0.2, 0.25) is 0 Å². The van der Waals surface area contributed by atoms with E-state index < -0.39 is 0 Å². The number of hydrogen-bond donors (Lipinski definition) is 0. The van der Waals surface area contributed by atoms with E-state index in [1.165, 1.54) is 0 Å². The van der Waals surface area contributed by atoms with Crippen LogP contribution in [0.4, 0.5) is 0 Å². The van der Waals surface area contributed by atoms with Crippen molar-refractivity contribution in [2.75, 3.05) is 12.1 Å². The molecule has 0 rings (SSSR count). The van der Waals surface area contributed by atoms with E-state index >= 15 is 0 Å². The van der Waals surface area contributed by atoms with Crippen LogP contribution in [0.2, 0.25) is 0 Å². The summed E-state index contributed by atoms with van der Waals surface area (Å²) < 4.78 is 9.48. The van der Waals surface area contributed by atoms with E-state index in [-0.39, 0.29) is 18.4 Å². The molecule has 0 spiro atoms. The standard InChI is InChI=1S/C4H8Cl2O2/c1-4(7-2-5)8-3-6/h4H,2-3H2,1H3. The summed E-state index contributed by atoms with van der Waals surface area (Å²) in [5, 5.41) is 0. The lowest BCUT2D eigenvalue weighted by atomic mass is 10.8. The Kier molecular flexibility index (Phi) is 5.99. The monoisotopic (exact) mass is 158 g/mol. The van der Waals surface area contributed by atoms with E-state index in [1.807, 2.05) is 0 Å². The number of alkyl halides is 2. The summed E-state index contributed by atoms with van der Waals surface area (Å²) in [6.07, 6.45) is -0.301. The molecule has 0 aromatic heterocycles. The highest BCUT2D eigenvalue weighted by Gasteiger charge is 1.96. The fourth-order valence-electron chi connectivity index (χ4n) is 0.226. The first kappa shape index (κ1) is 8.50. The molecule has 0 aromatic carbocycles. The van der Waals surface area contributed by atoms with Gasteiger partial charge in [0, 0.05) is 0 Å². The average Bonchev–Trinajstić information content (AvgIpc) is 1.68. The lowest BCUT2D eigenvalue weighted by Gasteiger charge is -2.07. The second-order valence-electron chi connectivity index (χ2n) is 1.12. The Morgan fingerprint density at radius 2 is 1.62 bits per heavy atom. The number of hydrogen-bond acceptors (Lipinski definition) is 2. The van der Waals surface area contributed by atoms with Gasteiger partial charge in [0.25, 0.3) is 0 Å². The third-order valence-electron chi connectivity index (χ3n) is 0.595. The lowest BCUT2D eigenvalue weighted by molar-refractivity contribution is -0.102. The van der Waals surface area contributed by atoms with E-state index in [4.69, 9.17) is 32.7 Å². The predicted octanol–water partition coefficient (Wildman–Crippen LogP) is 1.76. The summed E-state index contributed by atoms with van der Waals surface area (Å²) in [5.41, 5.74) is 0. The maximum Gasteiger partial charge on any atom is 0.158 e. The summed E-state index contributed by atoms with van der Waals surface area (Å²) in [7, 11) is 0. The maximum atomic E-state index is 5.19. The zero-order chi connectivity index (χ0) is 6.41. The fourth-order valence-corrected chi connectivity index (χ4v) is 0.580. The molecule has 0 radical (unpaired) electrons. The molecule has 0 aliphatic rings. The SMILES string of the molecule is CC(OCCl)OCCl. The molecule has 50 valence electrons. The van der Waals surface area contributed by atoms with Crippen LogP contribution in [0.1, 0.15) is 6.92 Å². The molecule has 0 aliphatic heterocycles. The first-order valence-corrected chi connectivity index (χ1v) is 3.23. The minimum atomic E-state index is -0.301. The second kappa shape index (κ2) is 5.63. The molecule has 0 saturated heterocycles. The number of rotatable bonds is 4. The zero-order valence-corrected chi connectivity index (χ0v) is 6.08. The topological polar surface area (TPSA) is 18.5 Å². The second-order valence-corrected chi connectivity index (χ2v) is 1.56. The van der Waals surface area contributed by atoms with Crippen LogP contribution < -0.4 is 0 Å². The largest absolute Gasteiger partial charge is 0.337 e. The van der Waals surface area contributed by atoms with Crippen LogP contribution >= 0.6 is 23.2 Å². The van der Waals surface area contributed by atoms with Gasteiger partial charge >= 0.3 is 0 Å². The van der Waals surface area contributed by atoms with E-state index in [0.29, 0.717) is 0 Å². The smallest absolute Gasteiger partial charge is 0.158 e. The Balaban J connectivity index is 2.92. The summed E-state index contributed by atoms with van der Waals surface area (Å²) in [6, 6.07) is 0.274. The fraction of sp³-hybridized carbons (Fsp3) is 1.00. The van der Waals surface area contributed by atoms with Crippen molar-refractivity contribution in [3.8, 4) is 0 Å². The van der Waals surface area contributed by atoms with E-state index in [1.54, 1.807) is 6.92 Å². The number of ether oxygens (including phenoxy) is 2. The van der Waals surface area contributed by atoms with E-state index in [9.17, 15) is 0 Å². The Morgan fingerprint density at radius 3 is 1.88 bits per heavy atom. The minimum Gasteiger partial charge on any atom is -0.337 e. The van der Waals surface area contributed by atoms with Crippen LogP contribution in [0.5, 0.6) is 0 Å². The molecule has 0 unspecified atom stereocenters. The minimum absolute atomic E-state index is 0.137. The van der Waals surface area contributed by atoms with Crippen LogP contribution in [0.15, 0.2) is 0 Å². The van der Waals surface area contributed by atoms with Crippen LogP contribution in [0, 0.1) is 0 Å². The van der Waals surface area contributed by atoms with Gasteiger partial charge in [-0.05, 0) is 6.92 Å². The molecule has 8 heavy (non-hydrogen) atoms. The van der Waals surface area contributed by atoms with E-state index in [2.05, 4.69) is 0 Å². The van der Waals surface area contributed by atoms with Gasteiger partial charge in [0.15, 0.2) is 6.29 Å². The molecular weight excluding hydrogens is 151 g/mol. The molecule has 2 nitrogen and oxygen atoms in total. The zero-order valence-electron chi connectivity index (χ0n) is 4.56. The van der Waals surface area contributed by atoms with Gasteiger partial charge < -0.3 is 9.47 Å². The summed E-state index contributed by atoms with van der Waals surface area (Å²) in [5.74, 6) is 0. The number of halogens is 2. The van der Waals surface area contributed by atoms with Crippen molar-refractivity contribution >= 4 is 23.2 Å². The molecule has 0 bridgehead atoms. The third kappa shape index (κ3) is 4.65. The first-order chi connectivity index (χ1) is 3.81. The van der Waals surface area contributed by atoms with Gasteiger partial charge in [-0.1, -0.05) is 23.2 Å². The predicted molar refractivity (Wildman–Crippen MR) is 33.1 cm³/mol. The summed E-state index contributed by atoms with van der Waals surface area (Å²) >= 11 is 10.4.